The Bertz CT molecular complexity index is 1970. The highest BCUT2D eigenvalue weighted by atomic mass is 16.1. The fraction of sp³-hybridized carbons (Fsp3) is 0.100. The Morgan fingerprint density at radius 3 is 2.40 bits per heavy atom. The van der Waals surface area contributed by atoms with Crippen LogP contribution >= 0.6 is 0 Å². The number of benzene rings is 2. The van der Waals surface area contributed by atoms with Crippen molar-refractivity contribution in [3.05, 3.63) is 118 Å². The molecule has 10 nitrogen and oxygen atoms in total. The number of nitrogens with two attached hydrogens (primary N) is 2. The Kier molecular flexibility index (Phi) is 7.11. The molecule has 0 saturated heterocycles. The molecule has 4 N–H and O–H groups in total. The van der Waals surface area contributed by atoms with Crippen molar-refractivity contribution < 1.29 is 4.79 Å². The monoisotopic (exact) mass is 530 g/mol. The SMILES string of the molecule is CCc1nc2cccc(C#Cc3ccn(C)n3)c2c(=O)n1-c1ccccc1.NC(=O)c1c(N)nn2ccccc12. The zero-order valence-electron chi connectivity index (χ0n) is 21.9. The second-order valence-electron chi connectivity index (χ2n) is 8.84. The summed E-state index contributed by atoms with van der Waals surface area (Å²) >= 11 is 0. The van der Waals surface area contributed by atoms with Gasteiger partial charge in [-0.3, -0.25) is 18.8 Å². The first-order chi connectivity index (χ1) is 19.4. The lowest BCUT2D eigenvalue weighted by molar-refractivity contribution is 0.100. The van der Waals surface area contributed by atoms with Crippen molar-refractivity contribution in [1.29, 1.82) is 0 Å². The molecule has 6 aromatic rings. The van der Waals surface area contributed by atoms with Gasteiger partial charge in [0.1, 0.15) is 17.1 Å². The van der Waals surface area contributed by atoms with E-state index < -0.39 is 5.91 Å². The first-order valence-electron chi connectivity index (χ1n) is 12.5. The molecule has 1 amide bonds. The highest BCUT2D eigenvalue weighted by molar-refractivity contribution is 6.04. The lowest BCUT2D eigenvalue weighted by atomic mass is 10.1. The van der Waals surface area contributed by atoms with Crippen LogP contribution < -0.4 is 17.0 Å². The average Bonchev–Trinajstić information content (AvgIpc) is 3.53. The number of carbonyl (C=O) groups excluding carboxylic acids is 1. The summed E-state index contributed by atoms with van der Waals surface area (Å²) in [5, 5.41) is 8.72. The number of para-hydroxylation sites is 1. The van der Waals surface area contributed by atoms with Crippen molar-refractivity contribution >= 4 is 28.1 Å². The van der Waals surface area contributed by atoms with Crippen LogP contribution in [0.15, 0.2) is 90.0 Å². The first kappa shape index (κ1) is 25.9. The van der Waals surface area contributed by atoms with Gasteiger partial charge in [-0.05, 0) is 48.4 Å². The number of fused-ring (bicyclic) bond motifs is 2. The van der Waals surface area contributed by atoms with Gasteiger partial charge in [-0.1, -0.05) is 43.2 Å². The minimum Gasteiger partial charge on any atom is -0.382 e. The maximum absolute atomic E-state index is 13.4. The summed E-state index contributed by atoms with van der Waals surface area (Å²) in [6.45, 7) is 2.00. The van der Waals surface area contributed by atoms with E-state index in [-0.39, 0.29) is 16.9 Å². The predicted molar refractivity (Wildman–Crippen MR) is 154 cm³/mol. The van der Waals surface area contributed by atoms with E-state index in [0.717, 1.165) is 11.5 Å². The van der Waals surface area contributed by atoms with Crippen LogP contribution in [0.25, 0.3) is 22.1 Å². The summed E-state index contributed by atoms with van der Waals surface area (Å²) in [5.41, 5.74) is 14.3. The summed E-state index contributed by atoms with van der Waals surface area (Å²) in [7, 11) is 1.85. The Balaban J connectivity index is 0.000000207. The van der Waals surface area contributed by atoms with Crippen LogP contribution in [0.5, 0.6) is 0 Å². The van der Waals surface area contributed by atoms with Crippen molar-refractivity contribution in [2.24, 2.45) is 12.8 Å². The molecule has 0 atom stereocenters. The minimum atomic E-state index is -0.557. The normalized spacial score (nSPS) is 10.6. The van der Waals surface area contributed by atoms with E-state index in [1.165, 1.54) is 4.52 Å². The second kappa shape index (κ2) is 11.0. The van der Waals surface area contributed by atoms with Gasteiger partial charge in [-0.15, -0.1) is 5.10 Å². The van der Waals surface area contributed by atoms with Gasteiger partial charge < -0.3 is 11.5 Å². The third kappa shape index (κ3) is 5.04. The number of primary amides is 1. The molecule has 0 bridgehead atoms. The Morgan fingerprint density at radius 2 is 1.70 bits per heavy atom. The largest absolute Gasteiger partial charge is 0.382 e. The summed E-state index contributed by atoms with van der Waals surface area (Å²) < 4.78 is 4.90. The van der Waals surface area contributed by atoms with Crippen LogP contribution in [0.4, 0.5) is 5.82 Å². The van der Waals surface area contributed by atoms with Crippen molar-refractivity contribution in [3.63, 3.8) is 0 Å². The minimum absolute atomic E-state index is 0.103. The Labute approximate surface area is 229 Å². The first-order valence-corrected chi connectivity index (χ1v) is 12.5. The number of hydrogen-bond donors (Lipinski definition) is 2. The van der Waals surface area contributed by atoms with Crippen LogP contribution in [0.3, 0.4) is 0 Å². The molecule has 0 aliphatic carbocycles. The third-order valence-electron chi connectivity index (χ3n) is 6.15. The van der Waals surface area contributed by atoms with Crippen molar-refractivity contribution in [2.45, 2.75) is 13.3 Å². The van der Waals surface area contributed by atoms with Crippen molar-refractivity contribution in [2.75, 3.05) is 5.73 Å². The van der Waals surface area contributed by atoms with Gasteiger partial charge >= 0.3 is 0 Å². The maximum atomic E-state index is 13.4. The van der Waals surface area contributed by atoms with Gasteiger partial charge in [0.05, 0.1) is 22.1 Å². The second-order valence-corrected chi connectivity index (χ2v) is 8.84. The molecule has 10 heteroatoms. The molecule has 0 radical (unpaired) electrons. The number of nitrogens with zero attached hydrogens (tertiary/aromatic N) is 6. The quantitative estimate of drug-likeness (QED) is 0.337. The number of amides is 1. The smallest absolute Gasteiger partial charge is 0.267 e. The molecule has 6 rings (SSSR count). The summed E-state index contributed by atoms with van der Waals surface area (Å²) in [5.74, 6) is 6.47. The third-order valence-corrected chi connectivity index (χ3v) is 6.15. The van der Waals surface area contributed by atoms with Gasteiger partial charge in [-0.25, -0.2) is 9.50 Å². The van der Waals surface area contributed by atoms with Crippen LogP contribution in [-0.4, -0.2) is 34.9 Å². The maximum Gasteiger partial charge on any atom is 0.267 e. The summed E-state index contributed by atoms with van der Waals surface area (Å²) in [6.07, 6.45) is 4.20. The van der Waals surface area contributed by atoms with E-state index in [4.69, 9.17) is 16.5 Å². The number of aryl methyl sites for hydroxylation is 2. The lowest BCUT2D eigenvalue weighted by Crippen LogP contribution is -2.24. The fourth-order valence-corrected chi connectivity index (χ4v) is 4.34. The molecule has 0 fully saturated rings. The molecular weight excluding hydrogens is 504 g/mol. The highest BCUT2D eigenvalue weighted by Crippen LogP contribution is 2.17. The number of anilines is 1. The molecule has 2 aromatic carbocycles. The van der Waals surface area contributed by atoms with Gasteiger partial charge in [-0.2, -0.15) is 5.10 Å². The Hall–Kier alpha value is -5.69. The topological polar surface area (TPSA) is 139 Å². The van der Waals surface area contributed by atoms with E-state index in [0.29, 0.717) is 34.1 Å². The Morgan fingerprint density at radius 1 is 0.925 bits per heavy atom. The fourth-order valence-electron chi connectivity index (χ4n) is 4.34. The molecular formula is C30H26N8O2. The zero-order valence-corrected chi connectivity index (χ0v) is 21.9. The zero-order chi connectivity index (χ0) is 28.2. The van der Waals surface area contributed by atoms with Crippen molar-refractivity contribution in [3.8, 4) is 17.5 Å². The standard InChI is InChI=1S/C22H18N4O.C8H8N4O/c1-3-20-23-19-11-7-8-16(12-13-17-14-15-25(2)24-17)21(19)22(27)26(20)18-9-5-4-6-10-18;9-7-6(8(10)13)5-3-1-2-4-12(5)11-7/h4-11,14-15H,3H2,1-2H3;1-4H,(H2,9,11)(H2,10,13). The highest BCUT2D eigenvalue weighted by Gasteiger charge is 2.15. The average molecular weight is 531 g/mol. The van der Waals surface area contributed by atoms with Crippen LogP contribution in [0, 0.1) is 11.8 Å². The molecule has 4 aromatic heterocycles. The summed E-state index contributed by atoms with van der Waals surface area (Å²) in [6, 6.07) is 22.3. The van der Waals surface area contributed by atoms with Crippen LogP contribution in [-0.2, 0) is 13.5 Å². The van der Waals surface area contributed by atoms with E-state index in [9.17, 15) is 9.59 Å². The number of hydrogen-bond acceptors (Lipinski definition) is 6. The number of pyridine rings is 1. The van der Waals surface area contributed by atoms with Crippen LogP contribution in [0.2, 0.25) is 0 Å². The van der Waals surface area contributed by atoms with Crippen LogP contribution in [0.1, 0.15) is 34.4 Å². The van der Waals surface area contributed by atoms with E-state index in [2.05, 4.69) is 22.0 Å². The number of carbonyl (C=O) groups is 1. The van der Waals surface area contributed by atoms with Gasteiger partial charge in [0.2, 0.25) is 0 Å². The van der Waals surface area contributed by atoms with E-state index in [1.807, 2.05) is 74.8 Å². The van der Waals surface area contributed by atoms with E-state index >= 15 is 0 Å². The number of aromatic nitrogens is 6. The van der Waals surface area contributed by atoms with Crippen molar-refractivity contribution in [1.82, 2.24) is 28.9 Å². The molecule has 0 spiro atoms. The van der Waals surface area contributed by atoms with Gasteiger partial charge in [0.25, 0.3) is 11.5 Å². The molecule has 0 unspecified atom stereocenters. The molecule has 0 aliphatic rings. The van der Waals surface area contributed by atoms with Gasteiger partial charge in [0.15, 0.2) is 5.82 Å². The van der Waals surface area contributed by atoms with E-state index in [1.54, 1.807) is 33.6 Å². The molecule has 0 aliphatic heterocycles. The number of nitrogen functional groups attached to an aromatic ring is 1. The molecule has 0 saturated carbocycles. The molecule has 198 valence electrons. The predicted octanol–water partition coefficient (Wildman–Crippen LogP) is 3.10. The summed E-state index contributed by atoms with van der Waals surface area (Å²) in [4.78, 5) is 29.1. The molecule has 40 heavy (non-hydrogen) atoms. The molecule has 4 heterocycles. The van der Waals surface area contributed by atoms with Gasteiger partial charge in [0, 0.05) is 31.4 Å². The lowest BCUT2D eigenvalue weighted by Gasteiger charge is -2.13. The number of rotatable bonds is 3.